The lowest BCUT2D eigenvalue weighted by Crippen LogP contribution is -2.06. The smallest absolute Gasteiger partial charge is 0.403 e. The van der Waals surface area contributed by atoms with E-state index in [0.29, 0.717) is 5.75 Å². The summed E-state index contributed by atoms with van der Waals surface area (Å²) >= 11 is 0. The molecule has 13 heavy (non-hydrogen) atoms. The highest BCUT2D eigenvalue weighted by molar-refractivity contribution is 5.64. The Morgan fingerprint density at radius 2 is 2.31 bits per heavy atom. The minimum Gasteiger partial charge on any atom is -0.403 e. The number of ether oxygens (including phenoxy) is 2. The van der Waals surface area contributed by atoms with Crippen LogP contribution in [-0.2, 0) is 4.74 Å². The number of hydrogen-bond acceptors (Lipinski definition) is 3. The zero-order valence-electron chi connectivity index (χ0n) is 7.32. The minimum atomic E-state index is -0.777. The molecule has 0 saturated carbocycles. The predicted octanol–water partition coefficient (Wildman–Crippen LogP) is 2.65. The van der Waals surface area contributed by atoms with Gasteiger partial charge >= 0.3 is 6.16 Å². The summed E-state index contributed by atoms with van der Waals surface area (Å²) < 4.78 is 9.19. The standard InChI is InChI=1S/C10H10O3/c1-3-12-10(11)13-9-6-4-5-8(2)7-9/h3-7H,1H2,2H3. The highest BCUT2D eigenvalue weighted by atomic mass is 16.7. The molecule has 0 amide bonds. The maximum atomic E-state index is 10.8. The van der Waals surface area contributed by atoms with Crippen molar-refractivity contribution in [1.82, 2.24) is 0 Å². The fraction of sp³-hybridized carbons (Fsp3) is 0.100. The van der Waals surface area contributed by atoms with Gasteiger partial charge in [-0.2, -0.15) is 0 Å². The Hall–Kier alpha value is -1.77. The molecule has 0 N–H and O–H groups in total. The molecule has 0 unspecified atom stereocenters. The Morgan fingerprint density at radius 1 is 1.54 bits per heavy atom. The molecule has 3 nitrogen and oxygen atoms in total. The third-order valence-corrected chi connectivity index (χ3v) is 1.37. The SMILES string of the molecule is C=COC(=O)Oc1cccc(C)c1. The van der Waals surface area contributed by atoms with Crippen molar-refractivity contribution in [3.63, 3.8) is 0 Å². The van der Waals surface area contributed by atoms with Crippen LogP contribution in [0.1, 0.15) is 5.56 Å². The summed E-state index contributed by atoms with van der Waals surface area (Å²) in [6.07, 6.45) is 0.249. The largest absolute Gasteiger partial charge is 0.518 e. The summed E-state index contributed by atoms with van der Waals surface area (Å²) in [7, 11) is 0. The quantitative estimate of drug-likeness (QED) is 0.396. The Labute approximate surface area is 76.6 Å². The zero-order chi connectivity index (χ0) is 9.68. The first kappa shape index (κ1) is 9.32. The lowest BCUT2D eigenvalue weighted by molar-refractivity contribution is 0.136. The summed E-state index contributed by atoms with van der Waals surface area (Å²) in [5, 5.41) is 0. The van der Waals surface area contributed by atoms with Gasteiger partial charge in [0.25, 0.3) is 0 Å². The van der Waals surface area contributed by atoms with Crippen LogP contribution in [0, 0.1) is 6.92 Å². The van der Waals surface area contributed by atoms with Crippen LogP contribution in [0.5, 0.6) is 5.75 Å². The molecule has 68 valence electrons. The van der Waals surface area contributed by atoms with Crippen molar-refractivity contribution in [3.8, 4) is 5.75 Å². The van der Waals surface area contributed by atoms with Crippen molar-refractivity contribution in [2.45, 2.75) is 6.92 Å². The molecule has 1 aromatic carbocycles. The normalized spacial score (nSPS) is 9.00. The molecule has 0 spiro atoms. The fourth-order valence-electron chi connectivity index (χ4n) is 0.867. The van der Waals surface area contributed by atoms with Gasteiger partial charge in [-0.3, -0.25) is 0 Å². The van der Waals surface area contributed by atoms with Crippen LogP contribution in [0.2, 0.25) is 0 Å². The van der Waals surface area contributed by atoms with Crippen molar-refractivity contribution >= 4 is 6.16 Å². The van der Waals surface area contributed by atoms with Crippen LogP contribution in [0.15, 0.2) is 37.1 Å². The molecule has 0 atom stereocenters. The van der Waals surface area contributed by atoms with Gasteiger partial charge in [0.15, 0.2) is 0 Å². The first-order valence-electron chi connectivity index (χ1n) is 3.78. The van der Waals surface area contributed by atoms with Gasteiger partial charge in [-0.1, -0.05) is 18.7 Å². The molecule has 0 heterocycles. The van der Waals surface area contributed by atoms with Gasteiger partial charge in [0.1, 0.15) is 5.75 Å². The molecule has 0 aromatic heterocycles. The molecule has 0 aliphatic heterocycles. The van der Waals surface area contributed by atoms with Crippen molar-refractivity contribution < 1.29 is 14.3 Å². The van der Waals surface area contributed by atoms with Gasteiger partial charge in [0.2, 0.25) is 0 Å². The lowest BCUT2D eigenvalue weighted by atomic mass is 10.2. The minimum absolute atomic E-state index is 0.465. The van der Waals surface area contributed by atoms with Gasteiger partial charge in [0, 0.05) is 0 Å². The number of hydrogen-bond donors (Lipinski definition) is 0. The number of rotatable bonds is 2. The van der Waals surface area contributed by atoms with Crippen molar-refractivity contribution in [3.05, 3.63) is 42.7 Å². The van der Waals surface area contributed by atoms with E-state index >= 15 is 0 Å². The summed E-state index contributed by atoms with van der Waals surface area (Å²) in [5.41, 5.74) is 1.02. The summed E-state index contributed by atoms with van der Waals surface area (Å²) in [6.45, 7) is 5.15. The second kappa shape index (κ2) is 4.30. The summed E-state index contributed by atoms with van der Waals surface area (Å²) in [5.74, 6) is 0.465. The fourth-order valence-corrected chi connectivity index (χ4v) is 0.867. The Morgan fingerprint density at radius 3 is 2.92 bits per heavy atom. The van der Waals surface area contributed by atoms with Crippen LogP contribution in [-0.4, -0.2) is 6.16 Å². The topological polar surface area (TPSA) is 35.5 Å². The molecule has 0 aliphatic rings. The molecule has 1 rings (SSSR count). The molecular formula is C10H10O3. The van der Waals surface area contributed by atoms with Crippen LogP contribution in [0.4, 0.5) is 4.79 Å². The van der Waals surface area contributed by atoms with Crippen LogP contribution >= 0.6 is 0 Å². The first-order valence-corrected chi connectivity index (χ1v) is 3.78. The third kappa shape index (κ3) is 2.99. The number of benzene rings is 1. The van der Waals surface area contributed by atoms with Gasteiger partial charge in [0.05, 0.1) is 6.26 Å². The molecular weight excluding hydrogens is 168 g/mol. The lowest BCUT2D eigenvalue weighted by Gasteiger charge is -2.02. The van der Waals surface area contributed by atoms with Gasteiger partial charge in [-0.05, 0) is 24.6 Å². The van der Waals surface area contributed by atoms with E-state index in [1.165, 1.54) is 0 Å². The maximum Gasteiger partial charge on any atom is 0.518 e. The molecule has 3 heteroatoms. The van der Waals surface area contributed by atoms with Crippen molar-refractivity contribution in [2.75, 3.05) is 0 Å². The second-order valence-corrected chi connectivity index (χ2v) is 2.45. The molecule has 0 fully saturated rings. The molecule has 0 saturated heterocycles. The first-order chi connectivity index (χ1) is 6.22. The molecule has 1 aromatic rings. The molecule has 0 bridgehead atoms. The Balaban J connectivity index is 2.63. The van der Waals surface area contributed by atoms with Gasteiger partial charge in [-0.25, -0.2) is 4.79 Å². The van der Waals surface area contributed by atoms with E-state index in [0.717, 1.165) is 11.8 Å². The van der Waals surface area contributed by atoms with E-state index < -0.39 is 6.16 Å². The summed E-state index contributed by atoms with van der Waals surface area (Å²) in [6, 6.07) is 7.12. The highest BCUT2D eigenvalue weighted by Gasteiger charge is 2.02. The van der Waals surface area contributed by atoms with E-state index in [9.17, 15) is 4.79 Å². The third-order valence-electron chi connectivity index (χ3n) is 1.37. The van der Waals surface area contributed by atoms with E-state index in [-0.39, 0.29) is 0 Å². The van der Waals surface area contributed by atoms with E-state index in [4.69, 9.17) is 4.74 Å². The monoisotopic (exact) mass is 178 g/mol. The van der Waals surface area contributed by atoms with Crippen LogP contribution < -0.4 is 4.74 Å². The van der Waals surface area contributed by atoms with E-state index in [2.05, 4.69) is 11.3 Å². The highest BCUT2D eigenvalue weighted by Crippen LogP contribution is 2.12. The second-order valence-electron chi connectivity index (χ2n) is 2.45. The van der Waals surface area contributed by atoms with E-state index in [1.807, 2.05) is 13.0 Å². The zero-order valence-corrected chi connectivity index (χ0v) is 7.32. The number of carbonyl (C=O) groups is 1. The number of aryl methyl sites for hydroxylation is 1. The van der Waals surface area contributed by atoms with Crippen molar-refractivity contribution in [2.24, 2.45) is 0 Å². The van der Waals surface area contributed by atoms with Crippen molar-refractivity contribution in [1.29, 1.82) is 0 Å². The molecule has 0 aliphatic carbocycles. The Kier molecular flexibility index (Phi) is 3.09. The van der Waals surface area contributed by atoms with Crippen LogP contribution in [0.25, 0.3) is 0 Å². The van der Waals surface area contributed by atoms with E-state index in [1.54, 1.807) is 18.2 Å². The van der Waals surface area contributed by atoms with Gasteiger partial charge < -0.3 is 9.47 Å². The average molecular weight is 178 g/mol. The number of carbonyl (C=O) groups excluding carboxylic acids is 1. The summed E-state index contributed by atoms with van der Waals surface area (Å²) in [4.78, 5) is 10.8. The average Bonchev–Trinajstić information content (AvgIpc) is 2.04. The predicted molar refractivity (Wildman–Crippen MR) is 48.5 cm³/mol. The Bertz CT molecular complexity index is 318. The molecule has 0 radical (unpaired) electrons. The van der Waals surface area contributed by atoms with Gasteiger partial charge in [-0.15, -0.1) is 0 Å². The maximum absolute atomic E-state index is 10.8. The van der Waals surface area contributed by atoms with Crippen LogP contribution in [0.3, 0.4) is 0 Å².